The quantitative estimate of drug-likeness (QED) is 0.824. The minimum absolute atomic E-state index is 0.0251. The van der Waals surface area contributed by atoms with Crippen LogP contribution in [0.15, 0.2) is 18.2 Å². The summed E-state index contributed by atoms with van der Waals surface area (Å²) in [7, 11) is 1.58. The summed E-state index contributed by atoms with van der Waals surface area (Å²) >= 11 is 0. The molecule has 0 radical (unpaired) electrons. The smallest absolute Gasteiger partial charge is 0.228 e. The van der Waals surface area contributed by atoms with Crippen molar-refractivity contribution in [1.82, 2.24) is 9.80 Å². The molecule has 3 rings (SSSR count). The summed E-state index contributed by atoms with van der Waals surface area (Å²) in [5.74, 6) is -0.656. The number of para-hydroxylation sites is 1. The Labute approximate surface area is 140 Å². The summed E-state index contributed by atoms with van der Waals surface area (Å²) in [5, 5.41) is 0. The first-order valence-corrected chi connectivity index (χ1v) is 8.06. The molecule has 0 aliphatic carbocycles. The molecular weight excluding hydrogens is 315 g/mol. The van der Waals surface area contributed by atoms with Gasteiger partial charge in [0.05, 0.1) is 19.1 Å². The van der Waals surface area contributed by atoms with E-state index >= 15 is 0 Å². The summed E-state index contributed by atoms with van der Waals surface area (Å²) < 4.78 is 24.3. The molecule has 24 heavy (non-hydrogen) atoms. The van der Waals surface area contributed by atoms with Crippen LogP contribution in [0.1, 0.15) is 12.0 Å². The van der Waals surface area contributed by atoms with Gasteiger partial charge in [0.15, 0.2) is 11.6 Å². The lowest BCUT2D eigenvalue weighted by molar-refractivity contribution is -0.136. The second-order valence-electron chi connectivity index (χ2n) is 6.07. The minimum Gasteiger partial charge on any atom is -0.488 e. The van der Waals surface area contributed by atoms with Crippen molar-refractivity contribution in [2.45, 2.75) is 13.0 Å². The van der Waals surface area contributed by atoms with Crippen LogP contribution in [0.4, 0.5) is 4.39 Å². The first-order valence-electron chi connectivity index (χ1n) is 8.06. The number of methoxy groups -OCH3 is 1. The molecule has 0 spiro atoms. The van der Waals surface area contributed by atoms with Crippen LogP contribution < -0.4 is 4.74 Å². The monoisotopic (exact) mass is 336 g/mol. The maximum atomic E-state index is 13.8. The van der Waals surface area contributed by atoms with Crippen molar-refractivity contribution in [2.24, 2.45) is 5.92 Å². The first-order chi connectivity index (χ1) is 11.6. The number of carbonyl (C=O) groups is 2. The Kier molecular flexibility index (Phi) is 4.99. The Morgan fingerprint density at radius 2 is 2.29 bits per heavy atom. The molecule has 1 aromatic rings. The number of hydrogen-bond acceptors (Lipinski definition) is 4. The van der Waals surface area contributed by atoms with Crippen LogP contribution >= 0.6 is 0 Å². The number of benzene rings is 1. The SMILES string of the molecule is COCCN1CC(C(=O)N2CCOc3c(F)cccc3C2)CC1=O. The van der Waals surface area contributed by atoms with E-state index in [0.717, 1.165) is 0 Å². The van der Waals surface area contributed by atoms with E-state index in [1.54, 1.807) is 29.0 Å². The molecule has 0 N–H and O–H groups in total. The number of fused-ring (bicyclic) bond motifs is 1. The third-order valence-electron chi connectivity index (χ3n) is 4.46. The predicted octanol–water partition coefficient (Wildman–Crippen LogP) is 1.04. The Morgan fingerprint density at radius 3 is 3.08 bits per heavy atom. The van der Waals surface area contributed by atoms with E-state index in [9.17, 15) is 14.0 Å². The first kappa shape index (κ1) is 16.7. The Balaban J connectivity index is 1.68. The second-order valence-corrected chi connectivity index (χ2v) is 6.07. The van der Waals surface area contributed by atoms with Crippen molar-refractivity contribution in [3.05, 3.63) is 29.6 Å². The topological polar surface area (TPSA) is 59.1 Å². The van der Waals surface area contributed by atoms with Gasteiger partial charge in [-0.15, -0.1) is 0 Å². The molecule has 2 amide bonds. The van der Waals surface area contributed by atoms with Crippen molar-refractivity contribution in [3.8, 4) is 5.75 Å². The van der Waals surface area contributed by atoms with Gasteiger partial charge in [-0.3, -0.25) is 9.59 Å². The van der Waals surface area contributed by atoms with Gasteiger partial charge in [-0.25, -0.2) is 4.39 Å². The van der Waals surface area contributed by atoms with E-state index in [1.807, 2.05) is 0 Å². The van der Waals surface area contributed by atoms with Crippen molar-refractivity contribution >= 4 is 11.8 Å². The highest BCUT2D eigenvalue weighted by Gasteiger charge is 2.37. The maximum Gasteiger partial charge on any atom is 0.228 e. The van der Waals surface area contributed by atoms with Gasteiger partial charge < -0.3 is 19.3 Å². The molecule has 130 valence electrons. The fraction of sp³-hybridized carbons (Fsp3) is 0.529. The number of hydrogen-bond donors (Lipinski definition) is 0. The molecule has 0 saturated carbocycles. The molecule has 2 aliphatic heterocycles. The Bertz CT molecular complexity index is 637. The zero-order valence-corrected chi connectivity index (χ0v) is 13.7. The third kappa shape index (κ3) is 3.36. The number of halogens is 1. The standard InChI is InChI=1S/C17H21FN2O4/c1-23-7-5-19-11-13(9-15(19)21)17(22)20-6-8-24-16-12(10-20)3-2-4-14(16)18/h2-4,13H,5-11H2,1H3. The summed E-state index contributed by atoms with van der Waals surface area (Å²) in [5.41, 5.74) is 0.654. The predicted molar refractivity (Wildman–Crippen MR) is 83.9 cm³/mol. The summed E-state index contributed by atoms with van der Waals surface area (Å²) in [6.07, 6.45) is 0.218. The third-order valence-corrected chi connectivity index (χ3v) is 4.46. The lowest BCUT2D eigenvalue weighted by Gasteiger charge is -2.23. The van der Waals surface area contributed by atoms with Gasteiger partial charge in [0.25, 0.3) is 0 Å². The lowest BCUT2D eigenvalue weighted by atomic mass is 10.1. The van der Waals surface area contributed by atoms with Crippen LogP contribution in [0.3, 0.4) is 0 Å². The van der Waals surface area contributed by atoms with Crippen LogP contribution in [0.5, 0.6) is 5.75 Å². The number of carbonyl (C=O) groups excluding carboxylic acids is 2. The van der Waals surface area contributed by atoms with Crippen LogP contribution in [-0.2, 0) is 20.9 Å². The Hall–Kier alpha value is -2.15. The second kappa shape index (κ2) is 7.17. The van der Waals surface area contributed by atoms with Gasteiger partial charge in [-0.1, -0.05) is 12.1 Å². The maximum absolute atomic E-state index is 13.8. The number of ether oxygens (including phenoxy) is 2. The molecule has 2 heterocycles. The molecular formula is C17H21FN2O4. The normalized spacial score (nSPS) is 20.6. The molecule has 7 heteroatoms. The fourth-order valence-corrected chi connectivity index (χ4v) is 3.18. The van der Waals surface area contributed by atoms with Gasteiger partial charge in [0.2, 0.25) is 11.8 Å². The largest absolute Gasteiger partial charge is 0.488 e. The fourth-order valence-electron chi connectivity index (χ4n) is 3.18. The highest BCUT2D eigenvalue weighted by atomic mass is 19.1. The van der Waals surface area contributed by atoms with Crippen molar-refractivity contribution in [2.75, 3.05) is 40.0 Å². The van der Waals surface area contributed by atoms with Crippen LogP contribution in [0.2, 0.25) is 0 Å². The average molecular weight is 336 g/mol. The highest BCUT2D eigenvalue weighted by molar-refractivity contribution is 5.89. The number of amides is 2. The van der Waals surface area contributed by atoms with Crippen LogP contribution in [0.25, 0.3) is 0 Å². The molecule has 0 aromatic heterocycles. The van der Waals surface area contributed by atoms with Crippen LogP contribution in [0, 0.1) is 11.7 Å². The van der Waals surface area contributed by atoms with Gasteiger partial charge in [-0.05, 0) is 6.07 Å². The summed E-state index contributed by atoms with van der Waals surface area (Å²) in [6, 6.07) is 4.71. The zero-order chi connectivity index (χ0) is 17.1. The highest BCUT2D eigenvalue weighted by Crippen LogP contribution is 2.28. The number of likely N-dealkylation sites (tertiary alicyclic amines) is 1. The van der Waals surface area contributed by atoms with Crippen molar-refractivity contribution in [3.63, 3.8) is 0 Å². The number of nitrogens with zero attached hydrogens (tertiary/aromatic N) is 2. The molecule has 1 unspecified atom stereocenters. The molecule has 1 aromatic carbocycles. The van der Waals surface area contributed by atoms with Gasteiger partial charge in [-0.2, -0.15) is 0 Å². The summed E-state index contributed by atoms with van der Waals surface area (Å²) in [6.45, 7) is 2.29. The van der Waals surface area contributed by atoms with E-state index in [0.29, 0.717) is 38.3 Å². The van der Waals surface area contributed by atoms with E-state index in [-0.39, 0.29) is 36.5 Å². The molecule has 1 saturated heterocycles. The summed E-state index contributed by atoms with van der Waals surface area (Å²) in [4.78, 5) is 28.1. The van der Waals surface area contributed by atoms with E-state index in [2.05, 4.69) is 0 Å². The van der Waals surface area contributed by atoms with E-state index in [4.69, 9.17) is 9.47 Å². The minimum atomic E-state index is -0.413. The average Bonchev–Trinajstić information content (AvgIpc) is 2.80. The molecule has 0 bridgehead atoms. The zero-order valence-electron chi connectivity index (χ0n) is 13.7. The van der Waals surface area contributed by atoms with E-state index < -0.39 is 5.82 Å². The van der Waals surface area contributed by atoms with Gasteiger partial charge >= 0.3 is 0 Å². The van der Waals surface area contributed by atoms with E-state index in [1.165, 1.54) is 6.07 Å². The lowest BCUT2D eigenvalue weighted by Crippen LogP contribution is -2.38. The molecule has 1 atom stereocenters. The Morgan fingerprint density at radius 1 is 1.46 bits per heavy atom. The molecule has 2 aliphatic rings. The van der Waals surface area contributed by atoms with Crippen molar-refractivity contribution < 1.29 is 23.5 Å². The van der Waals surface area contributed by atoms with Crippen molar-refractivity contribution in [1.29, 1.82) is 0 Å². The van der Waals surface area contributed by atoms with Gasteiger partial charge in [0.1, 0.15) is 6.61 Å². The van der Waals surface area contributed by atoms with Gasteiger partial charge in [0, 0.05) is 38.7 Å². The van der Waals surface area contributed by atoms with Crippen LogP contribution in [-0.4, -0.2) is 61.6 Å². The molecule has 1 fully saturated rings. The molecule has 6 nitrogen and oxygen atoms in total. The number of rotatable bonds is 4.